The van der Waals surface area contributed by atoms with E-state index in [-0.39, 0.29) is 22.9 Å². The fourth-order valence-electron chi connectivity index (χ4n) is 4.47. The Bertz CT molecular complexity index is 900. The van der Waals surface area contributed by atoms with Crippen LogP contribution in [0.2, 0.25) is 0 Å². The van der Waals surface area contributed by atoms with Gasteiger partial charge in [0.25, 0.3) is 0 Å². The average Bonchev–Trinajstić information content (AvgIpc) is 3.25. The summed E-state index contributed by atoms with van der Waals surface area (Å²) >= 11 is -0.466. The van der Waals surface area contributed by atoms with Crippen molar-refractivity contribution in [1.29, 1.82) is 0 Å². The van der Waals surface area contributed by atoms with Gasteiger partial charge in [0.05, 0.1) is 0 Å². The minimum atomic E-state index is -0.466. The fraction of sp³-hybridized carbons (Fsp3) is 0.520. The van der Waals surface area contributed by atoms with Gasteiger partial charge in [-0.25, -0.2) is 0 Å². The van der Waals surface area contributed by atoms with Crippen molar-refractivity contribution in [2.24, 2.45) is 5.73 Å². The van der Waals surface area contributed by atoms with Crippen molar-refractivity contribution in [2.45, 2.75) is 54.9 Å². The molecular formula is C25H34IN4O3-. The molecule has 2 N–H and O–H groups in total. The predicted molar refractivity (Wildman–Crippen MR) is 123 cm³/mol. The molecule has 0 saturated carbocycles. The molecular weight excluding hydrogens is 531 g/mol. The number of carbonyl (C=O) groups is 1. The molecule has 3 atom stereocenters. The fourth-order valence-corrected chi connectivity index (χ4v) is 7.96. The molecule has 1 aromatic carbocycles. The molecule has 1 aromatic heterocycles. The van der Waals surface area contributed by atoms with Gasteiger partial charge in [0, 0.05) is 0 Å². The number of aromatic nitrogens is 1. The van der Waals surface area contributed by atoms with Crippen molar-refractivity contribution >= 4 is 6.09 Å². The van der Waals surface area contributed by atoms with Gasteiger partial charge in [-0.05, 0) is 0 Å². The molecule has 4 rings (SSSR count). The first-order valence-electron chi connectivity index (χ1n) is 11.7. The van der Waals surface area contributed by atoms with Gasteiger partial charge < -0.3 is 0 Å². The molecule has 0 bridgehead atoms. The van der Waals surface area contributed by atoms with Crippen LogP contribution in [0.4, 0.5) is 4.79 Å². The van der Waals surface area contributed by atoms with E-state index in [9.17, 15) is 4.79 Å². The number of benzene rings is 1. The van der Waals surface area contributed by atoms with Crippen LogP contribution in [-0.4, -0.2) is 56.0 Å². The molecule has 1 aliphatic carbocycles. The van der Waals surface area contributed by atoms with Gasteiger partial charge in [-0.15, -0.1) is 0 Å². The first kappa shape index (κ1) is 24.4. The number of hydrogen-bond donors (Lipinski definition) is 1. The molecule has 8 heteroatoms. The van der Waals surface area contributed by atoms with Crippen LogP contribution in [0.1, 0.15) is 48.5 Å². The van der Waals surface area contributed by atoms with E-state index in [1.54, 1.807) is 0 Å². The van der Waals surface area contributed by atoms with E-state index in [1.165, 1.54) is 17.7 Å². The van der Waals surface area contributed by atoms with E-state index < -0.39 is 21.5 Å². The molecule has 1 aliphatic heterocycles. The number of hydrogen-bond acceptors (Lipinski definition) is 6. The Morgan fingerprint density at radius 1 is 1.27 bits per heavy atom. The second kappa shape index (κ2) is 12.1. The zero-order valence-corrected chi connectivity index (χ0v) is 21.4. The van der Waals surface area contributed by atoms with E-state index >= 15 is 0 Å². The molecule has 1 unspecified atom stereocenters. The van der Waals surface area contributed by atoms with E-state index in [0.717, 1.165) is 31.2 Å². The van der Waals surface area contributed by atoms with Crippen LogP contribution in [0.5, 0.6) is 0 Å². The Morgan fingerprint density at radius 3 is 2.94 bits per heavy atom. The van der Waals surface area contributed by atoms with Crippen LogP contribution in [0.25, 0.3) is 0 Å². The second-order valence-corrected chi connectivity index (χ2v) is 12.1. The number of halogens is 1. The van der Waals surface area contributed by atoms with E-state index in [0.29, 0.717) is 25.7 Å². The summed E-state index contributed by atoms with van der Waals surface area (Å²) in [6, 6.07) is 14.4. The summed E-state index contributed by atoms with van der Waals surface area (Å²) in [6.45, 7) is 2.11. The molecule has 1 saturated heterocycles. The van der Waals surface area contributed by atoms with Gasteiger partial charge in [0.1, 0.15) is 0 Å². The molecule has 33 heavy (non-hydrogen) atoms. The number of pyridine rings is 1. The van der Waals surface area contributed by atoms with Crippen LogP contribution < -0.4 is 27.2 Å². The zero-order chi connectivity index (χ0) is 23.0. The Balaban J connectivity index is 1.42. The Kier molecular flexibility index (Phi) is 8.94. The molecule has 1 amide bonds. The molecule has 1 fully saturated rings. The number of nitrogens with zero attached hydrogens (tertiary/aromatic N) is 3. The molecule has 7 nitrogen and oxygen atoms in total. The number of aryl methyl sites for hydroxylation is 1. The molecule has 2 heterocycles. The van der Waals surface area contributed by atoms with Gasteiger partial charge in [-0.2, -0.15) is 0 Å². The quantitative estimate of drug-likeness (QED) is 0.157. The van der Waals surface area contributed by atoms with Crippen LogP contribution in [0.15, 0.2) is 48.7 Å². The van der Waals surface area contributed by atoms with Crippen molar-refractivity contribution < 1.29 is 35.7 Å². The van der Waals surface area contributed by atoms with Crippen LogP contribution in [-0.2, 0) is 22.5 Å². The van der Waals surface area contributed by atoms with Crippen LogP contribution >= 0.6 is 0 Å². The van der Waals surface area contributed by atoms with Gasteiger partial charge in [0.2, 0.25) is 0 Å². The van der Waals surface area contributed by atoms with E-state index in [2.05, 4.69) is 16.2 Å². The predicted octanol–water partition coefficient (Wildman–Crippen LogP) is 0.497. The summed E-state index contributed by atoms with van der Waals surface area (Å²) in [7, 11) is 2.19. The Morgan fingerprint density at radius 2 is 2.12 bits per heavy atom. The van der Waals surface area contributed by atoms with Crippen molar-refractivity contribution in [3.8, 4) is 0 Å². The number of amides is 1. The van der Waals surface area contributed by atoms with Crippen molar-refractivity contribution in [1.82, 2.24) is 13.0 Å². The van der Waals surface area contributed by atoms with Gasteiger partial charge in [-0.1, -0.05) is 0 Å². The normalized spacial score (nSPS) is 22.5. The first-order chi connectivity index (χ1) is 16.2. The summed E-state index contributed by atoms with van der Waals surface area (Å²) < 4.78 is 14.4. The van der Waals surface area contributed by atoms with E-state index in [4.69, 9.17) is 20.2 Å². The molecule has 0 radical (unpaired) electrons. The summed E-state index contributed by atoms with van der Waals surface area (Å²) in [5.41, 5.74) is 9.19. The molecule has 180 valence electrons. The van der Waals surface area contributed by atoms with Crippen molar-refractivity contribution in [2.75, 3.05) is 26.7 Å². The summed E-state index contributed by atoms with van der Waals surface area (Å²) in [5, 5.41) is 0. The summed E-state index contributed by atoms with van der Waals surface area (Å²) in [5.74, 6) is 0. The number of nitrogens with two attached hydrogens (primary N) is 1. The third kappa shape index (κ3) is 6.44. The SMILES string of the molecule is CN([I-][C@@H]1CC(OCCCN)CN1C(=O)OCc1ccccc1)[C@H]1CCCc2cccnc21. The number of rotatable bonds is 9. The average molecular weight is 565 g/mol. The van der Waals surface area contributed by atoms with Crippen LogP contribution in [0, 0.1) is 0 Å². The van der Waals surface area contributed by atoms with Gasteiger partial charge in [-0.3, -0.25) is 0 Å². The third-order valence-electron chi connectivity index (χ3n) is 6.20. The number of likely N-dealkylation sites (tertiary alicyclic amines) is 1. The summed E-state index contributed by atoms with van der Waals surface area (Å²) in [6.07, 6.45) is 6.76. The maximum atomic E-state index is 13.1. The van der Waals surface area contributed by atoms with Crippen molar-refractivity contribution in [3.63, 3.8) is 0 Å². The van der Waals surface area contributed by atoms with Gasteiger partial charge >= 0.3 is 208 Å². The maximum absolute atomic E-state index is 13.1. The molecule has 2 aliphatic rings. The number of fused-ring (bicyclic) bond motifs is 1. The van der Waals surface area contributed by atoms with E-state index in [1.807, 2.05) is 47.5 Å². The first-order valence-corrected chi connectivity index (χ1v) is 14.0. The second-order valence-electron chi connectivity index (χ2n) is 8.58. The molecule has 0 spiro atoms. The Hall–Kier alpha value is -1.75. The molecule has 2 aromatic rings. The standard InChI is InChI=1S/C25H34IN4O3/c1-29(22-12-5-10-20-11-6-14-28-24(20)22)26-23-16-21(32-15-7-13-27)17-30(23)25(31)33-18-19-8-3-2-4-9-19/h2-4,6,8-9,11,14,21-23H,5,7,10,12-13,15-18,27H2,1H3/q-1/t21?,22-,23-/m0/s1. The van der Waals surface area contributed by atoms with Gasteiger partial charge in [0.15, 0.2) is 0 Å². The van der Waals surface area contributed by atoms with Crippen molar-refractivity contribution in [3.05, 3.63) is 65.5 Å². The number of carbonyl (C=O) groups excluding carboxylic acids is 1. The third-order valence-corrected chi connectivity index (χ3v) is 9.57. The van der Waals surface area contributed by atoms with Crippen LogP contribution in [0.3, 0.4) is 0 Å². The summed E-state index contributed by atoms with van der Waals surface area (Å²) in [4.78, 5) is 19.7. The topological polar surface area (TPSA) is 80.9 Å². The Labute approximate surface area is 207 Å². The monoisotopic (exact) mass is 565 g/mol. The number of ether oxygens (including phenoxy) is 2. The number of alkyl halides is 1. The zero-order valence-electron chi connectivity index (χ0n) is 19.2. The minimum absolute atomic E-state index is 0.0377.